The summed E-state index contributed by atoms with van der Waals surface area (Å²) in [4.78, 5) is 4.15. The standard InChI is InChI=1S/C16H12ClNO/c1-19-16-5-4-14(17)9-15(16)12-3-2-11-6-7-18-10-13(11)8-12/h2-10H,1H3. The van der Waals surface area contributed by atoms with Gasteiger partial charge >= 0.3 is 0 Å². The first-order valence-electron chi connectivity index (χ1n) is 5.95. The van der Waals surface area contributed by atoms with Crippen molar-refractivity contribution in [3.05, 3.63) is 59.9 Å². The molecule has 3 heteroatoms. The molecule has 0 aliphatic carbocycles. The predicted octanol–water partition coefficient (Wildman–Crippen LogP) is 4.56. The Hall–Kier alpha value is -2.06. The maximum atomic E-state index is 6.07. The van der Waals surface area contributed by atoms with E-state index in [1.165, 1.54) is 5.39 Å². The second kappa shape index (κ2) is 4.90. The molecule has 0 saturated carbocycles. The summed E-state index contributed by atoms with van der Waals surface area (Å²) in [6.45, 7) is 0. The SMILES string of the molecule is COc1ccc(Cl)cc1-c1ccc2ccncc2c1. The van der Waals surface area contributed by atoms with Gasteiger partial charge < -0.3 is 4.74 Å². The van der Waals surface area contributed by atoms with Gasteiger partial charge in [0.2, 0.25) is 0 Å². The van der Waals surface area contributed by atoms with Gasteiger partial charge in [-0.1, -0.05) is 23.7 Å². The van der Waals surface area contributed by atoms with E-state index in [-0.39, 0.29) is 0 Å². The van der Waals surface area contributed by atoms with Gasteiger partial charge in [-0.2, -0.15) is 0 Å². The van der Waals surface area contributed by atoms with E-state index in [1.807, 2.05) is 30.5 Å². The minimum Gasteiger partial charge on any atom is -0.496 e. The van der Waals surface area contributed by atoms with Crippen LogP contribution in [0.2, 0.25) is 5.02 Å². The highest BCUT2D eigenvalue weighted by Crippen LogP contribution is 2.33. The van der Waals surface area contributed by atoms with Crippen LogP contribution in [0.3, 0.4) is 0 Å². The van der Waals surface area contributed by atoms with Crippen LogP contribution in [-0.4, -0.2) is 12.1 Å². The van der Waals surface area contributed by atoms with Crippen LogP contribution in [0, 0.1) is 0 Å². The number of hydrogen-bond acceptors (Lipinski definition) is 2. The molecule has 0 amide bonds. The molecule has 3 aromatic rings. The summed E-state index contributed by atoms with van der Waals surface area (Å²) >= 11 is 6.07. The normalized spacial score (nSPS) is 10.6. The fraction of sp³-hybridized carbons (Fsp3) is 0.0625. The van der Waals surface area contributed by atoms with Crippen molar-refractivity contribution in [2.45, 2.75) is 0 Å². The molecular formula is C16H12ClNO. The third-order valence-corrected chi connectivity index (χ3v) is 3.35. The Bertz CT molecular complexity index is 740. The molecule has 0 atom stereocenters. The van der Waals surface area contributed by atoms with E-state index < -0.39 is 0 Å². The van der Waals surface area contributed by atoms with Gasteiger partial charge in [-0.3, -0.25) is 4.98 Å². The number of ether oxygens (including phenoxy) is 1. The molecule has 0 bridgehead atoms. The van der Waals surface area contributed by atoms with E-state index in [4.69, 9.17) is 16.3 Å². The summed E-state index contributed by atoms with van der Waals surface area (Å²) in [6, 6.07) is 13.9. The average molecular weight is 270 g/mol. The van der Waals surface area contributed by atoms with Crippen molar-refractivity contribution in [1.82, 2.24) is 4.98 Å². The number of methoxy groups -OCH3 is 1. The van der Waals surface area contributed by atoms with Gasteiger partial charge in [-0.15, -0.1) is 0 Å². The fourth-order valence-corrected chi connectivity index (χ4v) is 2.33. The number of rotatable bonds is 2. The molecule has 0 fully saturated rings. The Morgan fingerprint density at radius 3 is 2.74 bits per heavy atom. The smallest absolute Gasteiger partial charge is 0.126 e. The minimum absolute atomic E-state index is 0.696. The molecule has 0 saturated heterocycles. The molecule has 0 aliphatic rings. The minimum atomic E-state index is 0.696. The van der Waals surface area contributed by atoms with Crippen molar-refractivity contribution in [3.63, 3.8) is 0 Å². The van der Waals surface area contributed by atoms with Gasteiger partial charge in [-0.25, -0.2) is 0 Å². The summed E-state index contributed by atoms with van der Waals surface area (Å²) in [5.41, 5.74) is 2.06. The van der Waals surface area contributed by atoms with Crippen molar-refractivity contribution in [2.75, 3.05) is 7.11 Å². The molecule has 2 nitrogen and oxygen atoms in total. The van der Waals surface area contributed by atoms with Crippen LogP contribution in [0.15, 0.2) is 54.9 Å². The molecule has 94 valence electrons. The number of aromatic nitrogens is 1. The molecule has 3 rings (SSSR count). The van der Waals surface area contributed by atoms with E-state index in [1.54, 1.807) is 13.3 Å². The van der Waals surface area contributed by atoms with E-state index in [0.29, 0.717) is 5.02 Å². The van der Waals surface area contributed by atoms with Crippen LogP contribution in [0.1, 0.15) is 0 Å². The average Bonchev–Trinajstić information content (AvgIpc) is 2.46. The number of hydrogen-bond donors (Lipinski definition) is 0. The molecule has 0 radical (unpaired) electrons. The zero-order chi connectivity index (χ0) is 13.2. The molecule has 1 aromatic heterocycles. The Morgan fingerprint density at radius 2 is 1.89 bits per heavy atom. The summed E-state index contributed by atoms with van der Waals surface area (Å²) in [7, 11) is 1.66. The molecule has 0 unspecified atom stereocenters. The fourth-order valence-electron chi connectivity index (χ4n) is 2.16. The molecule has 2 aromatic carbocycles. The Kier molecular flexibility index (Phi) is 3.10. The number of fused-ring (bicyclic) bond motifs is 1. The van der Waals surface area contributed by atoms with Crippen molar-refractivity contribution >= 4 is 22.4 Å². The topological polar surface area (TPSA) is 22.1 Å². The lowest BCUT2D eigenvalue weighted by Crippen LogP contribution is -1.88. The van der Waals surface area contributed by atoms with Gasteiger partial charge in [0.05, 0.1) is 7.11 Å². The summed E-state index contributed by atoms with van der Waals surface area (Å²) in [5.74, 6) is 0.813. The number of benzene rings is 2. The third kappa shape index (κ3) is 2.27. The van der Waals surface area contributed by atoms with E-state index in [2.05, 4.69) is 23.2 Å². The van der Waals surface area contributed by atoms with Crippen molar-refractivity contribution in [2.24, 2.45) is 0 Å². The highest BCUT2D eigenvalue weighted by molar-refractivity contribution is 6.31. The van der Waals surface area contributed by atoms with Crippen LogP contribution in [0.4, 0.5) is 0 Å². The summed E-state index contributed by atoms with van der Waals surface area (Å²) in [6.07, 6.45) is 3.65. The second-order valence-corrected chi connectivity index (χ2v) is 4.72. The highest BCUT2D eigenvalue weighted by Gasteiger charge is 2.07. The maximum Gasteiger partial charge on any atom is 0.126 e. The lowest BCUT2D eigenvalue weighted by Gasteiger charge is -2.10. The zero-order valence-corrected chi connectivity index (χ0v) is 11.2. The van der Waals surface area contributed by atoms with Gasteiger partial charge in [0.25, 0.3) is 0 Å². The summed E-state index contributed by atoms with van der Waals surface area (Å²) < 4.78 is 5.39. The van der Waals surface area contributed by atoms with E-state index in [9.17, 15) is 0 Å². The second-order valence-electron chi connectivity index (χ2n) is 4.28. The van der Waals surface area contributed by atoms with Crippen LogP contribution in [0.5, 0.6) is 5.75 Å². The summed E-state index contributed by atoms with van der Waals surface area (Å²) in [5, 5.41) is 2.96. The van der Waals surface area contributed by atoms with Crippen LogP contribution in [-0.2, 0) is 0 Å². The number of nitrogens with zero attached hydrogens (tertiary/aromatic N) is 1. The van der Waals surface area contributed by atoms with Gasteiger partial charge in [0.15, 0.2) is 0 Å². The number of halogens is 1. The van der Waals surface area contributed by atoms with Crippen molar-refractivity contribution in [1.29, 1.82) is 0 Å². The Labute approximate surface area is 116 Å². The molecule has 0 spiro atoms. The maximum absolute atomic E-state index is 6.07. The third-order valence-electron chi connectivity index (χ3n) is 3.11. The molecule has 0 aliphatic heterocycles. The van der Waals surface area contributed by atoms with Crippen LogP contribution in [0.25, 0.3) is 21.9 Å². The first-order valence-corrected chi connectivity index (χ1v) is 6.33. The van der Waals surface area contributed by atoms with E-state index in [0.717, 1.165) is 22.3 Å². The first-order chi connectivity index (χ1) is 9.28. The largest absolute Gasteiger partial charge is 0.496 e. The zero-order valence-electron chi connectivity index (χ0n) is 10.4. The van der Waals surface area contributed by atoms with Crippen molar-refractivity contribution in [3.8, 4) is 16.9 Å². The van der Waals surface area contributed by atoms with E-state index >= 15 is 0 Å². The van der Waals surface area contributed by atoms with Crippen LogP contribution < -0.4 is 4.74 Å². The lowest BCUT2D eigenvalue weighted by atomic mass is 10.0. The highest BCUT2D eigenvalue weighted by atomic mass is 35.5. The van der Waals surface area contributed by atoms with Crippen molar-refractivity contribution < 1.29 is 4.74 Å². The van der Waals surface area contributed by atoms with Gasteiger partial charge in [-0.05, 0) is 41.3 Å². The number of pyridine rings is 1. The molecule has 0 N–H and O–H groups in total. The van der Waals surface area contributed by atoms with Gasteiger partial charge in [0.1, 0.15) is 5.75 Å². The lowest BCUT2D eigenvalue weighted by molar-refractivity contribution is 0.416. The van der Waals surface area contributed by atoms with Crippen LogP contribution >= 0.6 is 11.6 Å². The molecule has 1 heterocycles. The molecule has 19 heavy (non-hydrogen) atoms. The quantitative estimate of drug-likeness (QED) is 0.680. The van der Waals surface area contributed by atoms with Gasteiger partial charge in [0, 0.05) is 28.4 Å². The predicted molar refractivity (Wildman–Crippen MR) is 78.7 cm³/mol. The molecular weight excluding hydrogens is 258 g/mol. The Balaban J connectivity index is 2.21. The monoisotopic (exact) mass is 269 g/mol. The Morgan fingerprint density at radius 1 is 1.00 bits per heavy atom. The first kappa shape index (κ1) is 12.0.